The van der Waals surface area contributed by atoms with Crippen LogP contribution in [0.4, 0.5) is 5.69 Å². The summed E-state index contributed by atoms with van der Waals surface area (Å²) in [5.74, 6) is 0.595. The molecule has 2 aromatic heterocycles. The zero-order chi connectivity index (χ0) is 23.5. The Hall–Kier alpha value is -2.36. The lowest BCUT2D eigenvalue weighted by Crippen LogP contribution is -2.40. The number of carbonyl (C=O) groups excluding carboxylic acids is 1. The molecular formula is C25H23BrN4O2S2. The number of aromatic nitrogens is 2. The fraction of sp³-hybridized carbons (Fsp3) is 0.280. The van der Waals surface area contributed by atoms with E-state index in [2.05, 4.69) is 25.9 Å². The van der Waals surface area contributed by atoms with Crippen LogP contribution in [0, 0.1) is 6.92 Å². The number of amides is 1. The third-order valence-corrected chi connectivity index (χ3v) is 8.36. The van der Waals surface area contributed by atoms with Crippen LogP contribution in [-0.2, 0) is 4.79 Å². The summed E-state index contributed by atoms with van der Waals surface area (Å²) in [5.41, 5.74) is 1.74. The largest absolute Gasteiger partial charge is 0.449 e. The molecule has 6 nitrogen and oxygen atoms in total. The smallest absolute Gasteiger partial charge is 0.267 e. The second-order valence-electron chi connectivity index (χ2n) is 8.17. The number of aryl methyl sites for hydroxylation is 1. The van der Waals surface area contributed by atoms with Gasteiger partial charge in [0.25, 0.3) is 5.91 Å². The number of para-hydroxylation sites is 1. The molecule has 0 bridgehead atoms. The summed E-state index contributed by atoms with van der Waals surface area (Å²) in [6, 6.07) is 13.7. The maximum atomic E-state index is 13.5. The molecule has 1 saturated carbocycles. The van der Waals surface area contributed by atoms with Gasteiger partial charge in [-0.3, -0.25) is 9.69 Å². The molecule has 0 unspecified atom stereocenters. The lowest BCUT2D eigenvalue weighted by atomic mass is 9.94. The van der Waals surface area contributed by atoms with E-state index in [4.69, 9.17) is 9.41 Å². The molecule has 0 atom stereocenters. The molecule has 2 fully saturated rings. The van der Waals surface area contributed by atoms with Crippen molar-refractivity contribution in [2.75, 3.05) is 0 Å². The van der Waals surface area contributed by atoms with Gasteiger partial charge in [-0.05, 0) is 83.5 Å². The molecule has 1 amide bonds. The molecule has 34 heavy (non-hydrogen) atoms. The first-order valence-electron chi connectivity index (χ1n) is 11.2. The van der Waals surface area contributed by atoms with E-state index in [0.717, 1.165) is 46.7 Å². The van der Waals surface area contributed by atoms with Crippen LogP contribution in [0.15, 0.2) is 77.7 Å². The number of hydrogen-bond acceptors (Lipinski definition) is 7. The van der Waals surface area contributed by atoms with Crippen molar-refractivity contribution in [1.29, 1.82) is 0 Å². The molecule has 1 saturated heterocycles. The lowest BCUT2D eigenvalue weighted by molar-refractivity contribution is -0.124. The zero-order valence-electron chi connectivity index (χ0n) is 18.6. The summed E-state index contributed by atoms with van der Waals surface area (Å²) in [6.45, 7) is 1.92. The molecule has 1 aliphatic carbocycles. The first kappa shape index (κ1) is 23.4. The number of thioether (sulfide) groups is 1. The third kappa shape index (κ3) is 5.31. The summed E-state index contributed by atoms with van der Waals surface area (Å²) >= 11 is 6.32. The van der Waals surface area contributed by atoms with Gasteiger partial charge in [0.05, 0.1) is 15.1 Å². The van der Waals surface area contributed by atoms with Crippen LogP contribution >= 0.6 is 39.5 Å². The molecule has 3 heterocycles. The molecule has 0 N–H and O–H groups in total. The van der Waals surface area contributed by atoms with E-state index in [1.807, 2.05) is 60.4 Å². The van der Waals surface area contributed by atoms with Crippen LogP contribution in [0.3, 0.4) is 0 Å². The quantitative estimate of drug-likeness (QED) is 0.244. The molecule has 2 aliphatic rings. The van der Waals surface area contributed by atoms with Gasteiger partial charge in [-0.25, -0.2) is 15.0 Å². The monoisotopic (exact) mass is 554 g/mol. The summed E-state index contributed by atoms with van der Waals surface area (Å²) in [5, 5.41) is 2.00. The van der Waals surface area contributed by atoms with E-state index in [1.54, 1.807) is 6.20 Å². The van der Waals surface area contributed by atoms with E-state index in [1.165, 1.54) is 29.9 Å². The highest BCUT2D eigenvalue weighted by atomic mass is 79.9. The average molecular weight is 556 g/mol. The van der Waals surface area contributed by atoms with Crippen molar-refractivity contribution in [1.82, 2.24) is 14.9 Å². The number of nitrogens with zero attached hydrogens (tertiary/aromatic N) is 4. The highest BCUT2D eigenvalue weighted by Crippen LogP contribution is 2.40. The van der Waals surface area contributed by atoms with Gasteiger partial charge in [-0.15, -0.1) is 0 Å². The van der Waals surface area contributed by atoms with Crippen LogP contribution < -0.4 is 0 Å². The Kier molecular flexibility index (Phi) is 7.22. The summed E-state index contributed by atoms with van der Waals surface area (Å²) < 4.78 is 6.84. The van der Waals surface area contributed by atoms with Crippen LogP contribution in [0.25, 0.3) is 6.08 Å². The van der Waals surface area contributed by atoms with Gasteiger partial charge in [-0.2, -0.15) is 0 Å². The standard InChI is InChI=1S/C25H23BrN4O2S2/c1-16-12-13-27-24(28-16)34-23-20(26)14-19(32-23)15-21-22(31)30(18-10-6-3-7-11-18)25(33-21)29-17-8-4-2-5-9-17/h2,4-5,8-9,12-15,18H,3,6-7,10-11H2,1H3/b21-15+,29-25?. The van der Waals surface area contributed by atoms with Crippen molar-refractivity contribution >= 4 is 62.3 Å². The van der Waals surface area contributed by atoms with E-state index in [-0.39, 0.29) is 11.9 Å². The van der Waals surface area contributed by atoms with Crippen molar-refractivity contribution in [2.24, 2.45) is 4.99 Å². The normalized spacial score (nSPS) is 19.5. The van der Waals surface area contributed by atoms with Gasteiger partial charge in [0.2, 0.25) is 0 Å². The van der Waals surface area contributed by atoms with Gasteiger partial charge in [-0.1, -0.05) is 37.5 Å². The Morgan fingerprint density at radius 1 is 1.21 bits per heavy atom. The van der Waals surface area contributed by atoms with Gasteiger partial charge < -0.3 is 4.42 Å². The molecule has 1 aliphatic heterocycles. The Morgan fingerprint density at radius 2 is 2.00 bits per heavy atom. The maximum absolute atomic E-state index is 13.5. The van der Waals surface area contributed by atoms with Crippen LogP contribution in [0.2, 0.25) is 0 Å². The number of halogens is 1. The number of aliphatic imine (C=N–C) groups is 1. The SMILES string of the molecule is Cc1ccnc(Sc2oc(/C=C3/SC(=Nc4ccccc4)N(C4CCCCC4)C3=O)cc2Br)n1. The summed E-state index contributed by atoms with van der Waals surface area (Å²) in [6.07, 6.45) is 9.07. The highest BCUT2D eigenvalue weighted by Gasteiger charge is 2.39. The van der Waals surface area contributed by atoms with Gasteiger partial charge in [0.1, 0.15) is 5.76 Å². The number of carbonyl (C=O) groups is 1. The van der Waals surface area contributed by atoms with Crippen molar-refractivity contribution in [2.45, 2.75) is 55.3 Å². The molecule has 1 aromatic carbocycles. The molecule has 0 spiro atoms. The van der Waals surface area contributed by atoms with Crippen LogP contribution in [-0.4, -0.2) is 32.0 Å². The predicted molar refractivity (Wildman–Crippen MR) is 140 cm³/mol. The zero-order valence-corrected chi connectivity index (χ0v) is 21.8. The number of benzene rings is 1. The van der Waals surface area contributed by atoms with E-state index < -0.39 is 0 Å². The van der Waals surface area contributed by atoms with E-state index in [0.29, 0.717) is 20.9 Å². The third-order valence-electron chi connectivity index (χ3n) is 5.66. The second-order valence-corrected chi connectivity index (χ2v) is 11.0. The Morgan fingerprint density at radius 3 is 2.76 bits per heavy atom. The molecule has 5 rings (SSSR count). The molecule has 9 heteroatoms. The van der Waals surface area contributed by atoms with Gasteiger partial charge in [0, 0.05) is 24.0 Å². The predicted octanol–water partition coefficient (Wildman–Crippen LogP) is 7.23. The summed E-state index contributed by atoms with van der Waals surface area (Å²) in [7, 11) is 0. The second kappa shape index (κ2) is 10.5. The lowest BCUT2D eigenvalue weighted by Gasteiger charge is -2.30. The Bertz CT molecular complexity index is 1250. The Labute approximate surface area is 215 Å². The van der Waals surface area contributed by atoms with E-state index in [9.17, 15) is 4.79 Å². The van der Waals surface area contributed by atoms with Gasteiger partial charge in [0.15, 0.2) is 15.4 Å². The minimum absolute atomic E-state index is 0.00433. The van der Waals surface area contributed by atoms with Crippen molar-refractivity contribution < 1.29 is 9.21 Å². The summed E-state index contributed by atoms with van der Waals surface area (Å²) in [4.78, 5) is 29.6. The fourth-order valence-corrected chi connectivity index (χ4v) is 6.39. The number of rotatable bonds is 5. The first-order chi connectivity index (χ1) is 16.6. The maximum Gasteiger partial charge on any atom is 0.267 e. The molecular weight excluding hydrogens is 532 g/mol. The average Bonchev–Trinajstić information content (AvgIpc) is 3.33. The number of amidine groups is 1. The molecule has 174 valence electrons. The number of furan rings is 1. The minimum atomic E-state index is -0.00433. The topological polar surface area (TPSA) is 71.6 Å². The first-order valence-corrected chi connectivity index (χ1v) is 13.6. The highest BCUT2D eigenvalue weighted by molar-refractivity contribution is 9.10. The van der Waals surface area contributed by atoms with E-state index >= 15 is 0 Å². The molecule has 0 radical (unpaired) electrons. The van der Waals surface area contributed by atoms with Crippen molar-refractivity contribution in [3.05, 3.63) is 69.5 Å². The van der Waals surface area contributed by atoms with Crippen molar-refractivity contribution in [3.63, 3.8) is 0 Å². The van der Waals surface area contributed by atoms with Gasteiger partial charge >= 0.3 is 0 Å². The van der Waals surface area contributed by atoms with Crippen LogP contribution in [0.5, 0.6) is 0 Å². The minimum Gasteiger partial charge on any atom is -0.449 e. The Balaban J connectivity index is 1.43. The number of hydrogen-bond donors (Lipinski definition) is 0. The van der Waals surface area contributed by atoms with Crippen LogP contribution in [0.1, 0.15) is 43.6 Å². The molecule has 3 aromatic rings. The fourth-order valence-electron chi connectivity index (χ4n) is 4.04. The van der Waals surface area contributed by atoms with Crippen molar-refractivity contribution in [3.8, 4) is 0 Å².